The Morgan fingerprint density at radius 3 is 2.38 bits per heavy atom. The van der Waals surface area contributed by atoms with E-state index < -0.39 is 11.5 Å². The first-order valence-corrected chi connectivity index (χ1v) is 12.4. The fraction of sp³-hybridized carbons (Fsp3) is 0.519. The average Bonchev–Trinajstić information content (AvgIpc) is 3.48. The minimum Gasteiger partial charge on any atom is -0.399 e. The average molecular weight is 468 g/mol. The van der Waals surface area contributed by atoms with Crippen molar-refractivity contribution in [2.45, 2.75) is 69.5 Å². The first kappa shape index (κ1) is 21.8. The van der Waals surface area contributed by atoms with Gasteiger partial charge in [0.05, 0.1) is 23.5 Å². The number of carbonyl (C=O) groups is 1. The number of ether oxygens (including phenoxy) is 1. The van der Waals surface area contributed by atoms with Gasteiger partial charge in [0, 0.05) is 37.3 Å². The van der Waals surface area contributed by atoms with E-state index in [1.807, 2.05) is 24.3 Å². The first-order chi connectivity index (χ1) is 16.3. The molecule has 0 aromatic heterocycles. The van der Waals surface area contributed by atoms with Crippen LogP contribution in [0.1, 0.15) is 72.9 Å². The third-order valence-electron chi connectivity index (χ3n) is 8.54. The van der Waals surface area contributed by atoms with Crippen molar-refractivity contribution < 1.29 is 18.3 Å². The van der Waals surface area contributed by atoms with Crippen molar-refractivity contribution in [1.82, 2.24) is 0 Å². The Balaban J connectivity index is 1.23. The molecule has 2 saturated carbocycles. The van der Waals surface area contributed by atoms with Crippen molar-refractivity contribution in [3.05, 3.63) is 53.1 Å². The number of benzene rings is 2. The predicted molar refractivity (Wildman–Crippen MR) is 128 cm³/mol. The molecule has 2 aromatic rings. The third kappa shape index (κ3) is 3.84. The molecule has 2 spiro atoms. The number of piperidine rings is 1. The number of rotatable bonds is 3. The van der Waals surface area contributed by atoms with Gasteiger partial charge >= 0.3 is 0 Å². The largest absolute Gasteiger partial charge is 0.399 e. The van der Waals surface area contributed by atoms with E-state index in [2.05, 4.69) is 10.2 Å². The molecule has 5 nitrogen and oxygen atoms in total. The number of hydrogen-bond acceptors (Lipinski definition) is 4. The molecule has 34 heavy (non-hydrogen) atoms. The SMILES string of the molecule is Nc1ccc(C(=O)Nc2ccc3c(c2)C2(CCC(F)(F)CC2)OC3)c(N2CCC3(CC2)CC3)c1. The number of nitrogens with one attached hydrogen (secondary N) is 1. The van der Waals surface area contributed by atoms with Crippen molar-refractivity contribution in [3.8, 4) is 0 Å². The van der Waals surface area contributed by atoms with Gasteiger partial charge in [0.15, 0.2) is 0 Å². The van der Waals surface area contributed by atoms with Crippen molar-refractivity contribution >= 4 is 23.0 Å². The van der Waals surface area contributed by atoms with Crippen LogP contribution in [0, 0.1) is 5.41 Å². The van der Waals surface area contributed by atoms with Crippen molar-refractivity contribution in [1.29, 1.82) is 0 Å². The number of anilines is 3. The second-order valence-electron chi connectivity index (χ2n) is 10.7. The Morgan fingerprint density at radius 1 is 0.941 bits per heavy atom. The van der Waals surface area contributed by atoms with E-state index in [9.17, 15) is 13.6 Å². The van der Waals surface area contributed by atoms with Gasteiger partial charge < -0.3 is 20.7 Å². The van der Waals surface area contributed by atoms with Crippen LogP contribution in [0.25, 0.3) is 0 Å². The van der Waals surface area contributed by atoms with Crippen LogP contribution in [0.2, 0.25) is 0 Å². The number of nitrogen functional groups attached to an aromatic ring is 1. The van der Waals surface area contributed by atoms with Crippen LogP contribution < -0.4 is 16.0 Å². The molecule has 3 fully saturated rings. The van der Waals surface area contributed by atoms with Gasteiger partial charge in [-0.05, 0) is 85.4 Å². The highest BCUT2D eigenvalue weighted by molar-refractivity contribution is 6.08. The molecular weight excluding hydrogens is 436 g/mol. The Kier molecular flexibility index (Phi) is 4.93. The summed E-state index contributed by atoms with van der Waals surface area (Å²) >= 11 is 0. The van der Waals surface area contributed by atoms with Crippen molar-refractivity contribution in [2.24, 2.45) is 5.41 Å². The minimum atomic E-state index is -2.62. The molecular formula is C27H31F2N3O2. The summed E-state index contributed by atoms with van der Waals surface area (Å²) in [5, 5.41) is 3.04. The topological polar surface area (TPSA) is 67.6 Å². The Labute approximate surface area is 198 Å². The minimum absolute atomic E-state index is 0.172. The molecule has 2 aliphatic heterocycles. The monoisotopic (exact) mass is 467 g/mol. The number of amides is 1. The standard InChI is InChI=1S/C27H31F2N3O2/c28-27(29)9-7-26(8-10-27)22-16-20(3-1-18(22)17-34-26)31-24(33)21-4-2-19(30)15-23(21)32-13-11-25(5-6-25)12-14-32/h1-4,15-16H,5-14,17,30H2,(H,31,33). The Morgan fingerprint density at radius 2 is 1.68 bits per heavy atom. The summed E-state index contributed by atoms with van der Waals surface area (Å²) < 4.78 is 33.6. The maximum absolute atomic E-state index is 13.8. The van der Waals surface area contributed by atoms with Crippen LogP contribution in [0.5, 0.6) is 0 Å². The Bertz CT molecular complexity index is 1120. The van der Waals surface area contributed by atoms with Gasteiger partial charge in [0.1, 0.15) is 0 Å². The quantitative estimate of drug-likeness (QED) is 0.557. The van der Waals surface area contributed by atoms with Gasteiger partial charge in [-0.25, -0.2) is 8.78 Å². The van der Waals surface area contributed by atoms with Gasteiger partial charge in [0.25, 0.3) is 5.91 Å². The molecule has 7 heteroatoms. The number of alkyl halides is 2. The summed E-state index contributed by atoms with van der Waals surface area (Å²) in [7, 11) is 0. The molecule has 1 saturated heterocycles. The van der Waals surface area contributed by atoms with E-state index >= 15 is 0 Å². The van der Waals surface area contributed by atoms with Crippen molar-refractivity contribution in [3.63, 3.8) is 0 Å². The van der Waals surface area contributed by atoms with Crippen LogP contribution >= 0.6 is 0 Å². The smallest absolute Gasteiger partial charge is 0.257 e. The third-order valence-corrected chi connectivity index (χ3v) is 8.54. The van der Waals surface area contributed by atoms with Gasteiger partial charge in [-0.15, -0.1) is 0 Å². The lowest BCUT2D eigenvalue weighted by Crippen LogP contribution is -2.36. The molecule has 2 aromatic carbocycles. The van der Waals surface area contributed by atoms with Crippen LogP contribution in [-0.2, 0) is 16.9 Å². The highest BCUT2D eigenvalue weighted by Crippen LogP contribution is 2.54. The maximum Gasteiger partial charge on any atom is 0.257 e. The maximum atomic E-state index is 13.8. The zero-order valence-electron chi connectivity index (χ0n) is 19.3. The second kappa shape index (κ2) is 7.67. The first-order valence-electron chi connectivity index (χ1n) is 12.4. The zero-order valence-corrected chi connectivity index (χ0v) is 19.3. The molecule has 180 valence electrons. The highest BCUT2D eigenvalue weighted by atomic mass is 19.3. The highest BCUT2D eigenvalue weighted by Gasteiger charge is 2.48. The fourth-order valence-corrected chi connectivity index (χ4v) is 6.03. The lowest BCUT2D eigenvalue weighted by atomic mass is 9.77. The van der Waals surface area contributed by atoms with E-state index in [0.29, 0.717) is 41.8 Å². The number of hydrogen-bond donors (Lipinski definition) is 2. The number of nitrogens with zero attached hydrogens (tertiary/aromatic N) is 1. The predicted octanol–water partition coefficient (Wildman–Crippen LogP) is 5.84. The normalized spacial score (nSPS) is 23.6. The summed E-state index contributed by atoms with van der Waals surface area (Å²) in [6.45, 7) is 2.30. The number of carbonyl (C=O) groups excluding carboxylic acids is 1. The summed E-state index contributed by atoms with van der Waals surface area (Å²) in [6, 6.07) is 11.2. The van der Waals surface area contributed by atoms with Crippen LogP contribution in [0.4, 0.5) is 25.8 Å². The van der Waals surface area contributed by atoms with Crippen LogP contribution in [0.15, 0.2) is 36.4 Å². The lowest BCUT2D eigenvalue weighted by molar-refractivity contribution is -0.130. The van der Waals surface area contributed by atoms with Gasteiger partial charge in [0.2, 0.25) is 5.92 Å². The summed E-state index contributed by atoms with van der Waals surface area (Å²) in [5.74, 6) is -2.81. The summed E-state index contributed by atoms with van der Waals surface area (Å²) in [6.07, 6.45) is 5.22. The molecule has 0 unspecified atom stereocenters. The number of halogens is 2. The van der Waals surface area contributed by atoms with E-state index in [1.165, 1.54) is 12.8 Å². The van der Waals surface area contributed by atoms with Crippen LogP contribution in [0.3, 0.4) is 0 Å². The molecule has 4 aliphatic rings. The summed E-state index contributed by atoms with van der Waals surface area (Å²) in [5.41, 5.74) is 10.7. The second-order valence-corrected chi connectivity index (χ2v) is 10.7. The molecule has 3 N–H and O–H groups in total. The van der Waals surface area contributed by atoms with Gasteiger partial charge in [-0.3, -0.25) is 4.79 Å². The molecule has 0 atom stereocenters. The van der Waals surface area contributed by atoms with E-state index in [1.54, 1.807) is 12.1 Å². The summed E-state index contributed by atoms with van der Waals surface area (Å²) in [4.78, 5) is 15.7. The van der Waals surface area contributed by atoms with E-state index in [0.717, 1.165) is 42.7 Å². The molecule has 0 bridgehead atoms. The van der Waals surface area contributed by atoms with E-state index in [4.69, 9.17) is 10.5 Å². The van der Waals surface area contributed by atoms with E-state index in [-0.39, 0.29) is 18.7 Å². The van der Waals surface area contributed by atoms with Gasteiger partial charge in [-0.2, -0.15) is 0 Å². The number of fused-ring (bicyclic) bond motifs is 2. The lowest BCUT2D eigenvalue weighted by Gasteiger charge is -2.37. The molecule has 1 amide bonds. The Hall–Kier alpha value is -2.67. The molecule has 2 heterocycles. The molecule has 0 radical (unpaired) electrons. The molecule has 2 aliphatic carbocycles. The van der Waals surface area contributed by atoms with Crippen molar-refractivity contribution in [2.75, 3.05) is 29.0 Å². The molecule has 6 rings (SSSR count). The fourth-order valence-electron chi connectivity index (χ4n) is 6.03. The van der Waals surface area contributed by atoms with Crippen LogP contribution in [-0.4, -0.2) is 24.9 Å². The number of nitrogens with two attached hydrogens (primary N) is 1. The van der Waals surface area contributed by atoms with Gasteiger partial charge in [-0.1, -0.05) is 6.07 Å². The zero-order chi connectivity index (χ0) is 23.6.